The van der Waals surface area contributed by atoms with Crippen molar-refractivity contribution < 1.29 is 33.5 Å². The monoisotopic (exact) mass is 492 g/mol. The van der Waals surface area contributed by atoms with Gasteiger partial charge in [-0.2, -0.15) is 9.78 Å². The van der Waals surface area contributed by atoms with Crippen LogP contribution in [0.1, 0.15) is 16.1 Å². The number of carbonyl (C=O) groups excluding carboxylic acids is 1. The first kappa shape index (κ1) is 22.3. The average molecular weight is 492 g/mol. The van der Waals surface area contributed by atoms with Gasteiger partial charge in [0.15, 0.2) is 23.8 Å². The minimum atomic E-state index is -1.08. The van der Waals surface area contributed by atoms with Crippen molar-refractivity contribution in [1.29, 1.82) is 0 Å². The third kappa shape index (κ3) is 4.47. The Morgan fingerprint density at radius 2 is 1.97 bits per heavy atom. The maximum absolute atomic E-state index is 13.0. The van der Waals surface area contributed by atoms with Gasteiger partial charge in [0, 0.05) is 5.56 Å². The van der Waals surface area contributed by atoms with Gasteiger partial charge in [-0.25, -0.2) is 14.8 Å². The number of carboxylic acids is 1. The van der Waals surface area contributed by atoms with Gasteiger partial charge in [-0.05, 0) is 58.3 Å². The lowest BCUT2D eigenvalue weighted by atomic mass is 10.1. The Kier molecular flexibility index (Phi) is 5.84. The summed E-state index contributed by atoms with van der Waals surface area (Å²) in [4.78, 5) is 23.6. The highest BCUT2D eigenvalue weighted by atomic mass is 16.7. The molecule has 4 aromatic rings. The smallest absolute Gasteiger partial charge is 0.341 e. The highest BCUT2D eigenvalue weighted by molar-refractivity contribution is 5.99. The Hall–Kier alpha value is -5.47. The van der Waals surface area contributed by atoms with Crippen LogP contribution >= 0.6 is 0 Å². The molecule has 0 fully saturated rings. The number of carboxylic acid groups (broad SMARTS) is 1. The zero-order chi connectivity index (χ0) is 25.1. The topological polar surface area (TPSA) is 202 Å². The Bertz CT molecular complexity index is 1460. The zero-order valence-corrected chi connectivity index (χ0v) is 18.2. The normalized spacial score (nSPS) is 12.1. The van der Waals surface area contributed by atoms with Crippen LogP contribution in [0.15, 0.2) is 52.2 Å². The van der Waals surface area contributed by atoms with Crippen LogP contribution in [0, 0.1) is 0 Å². The Labute approximate surface area is 201 Å². The van der Waals surface area contributed by atoms with E-state index in [0.717, 1.165) is 0 Å². The minimum Gasteiger partial charge on any atom is -0.482 e. The molecule has 1 aliphatic heterocycles. The van der Waals surface area contributed by atoms with E-state index in [1.807, 2.05) is 0 Å². The number of nitrogens with two attached hydrogens (primary N) is 1. The first-order valence-corrected chi connectivity index (χ1v) is 10.2. The summed E-state index contributed by atoms with van der Waals surface area (Å²) in [7, 11) is 0. The molecule has 2 aromatic carbocycles. The Morgan fingerprint density at radius 1 is 1.17 bits per heavy atom. The lowest BCUT2D eigenvalue weighted by molar-refractivity contribution is -0.139. The standard InChI is InChI=1S/C21H16N8O7/c22-19-20(27-36-26-19)29-18(12-3-6-14-15(7-12)35-10-34-14)17(24-28-29)21(32)25-23-8-11-1-4-13(5-2-11)33-9-16(30)31/h1-8H,9-10H2,(H2,22,26)(H,25,32)(H,30,31). The average Bonchev–Trinajstić information content (AvgIpc) is 3.62. The van der Waals surface area contributed by atoms with Crippen molar-refractivity contribution in [2.24, 2.45) is 5.10 Å². The molecule has 0 radical (unpaired) electrons. The van der Waals surface area contributed by atoms with E-state index in [1.165, 1.54) is 10.9 Å². The molecular formula is C21H16N8O7. The van der Waals surface area contributed by atoms with Crippen LogP contribution in [-0.2, 0) is 4.79 Å². The third-order valence-corrected chi connectivity index (χ3v) is 4.85. The van der Waals surface area contributed by atoms with Crippen LogP contribution in [-0.4, -0.2) is 61.9 Å². The summed E-state index contributed by atoms with van der Waals surface area (Å²) in [5, 5.41) is 27.9. The molecule has 4 N–H and O–H groups in total. The van der Waals surface area contributed by atoms with Crippen molar-refractivity contribution in [1.82, 2.24) is 30.7 Å². The Morgan fingerprint density at radius 3 is 2.72 bits per heavy atom. The van der Waals surface area contributed by atoms with Gasteiger partial charge >= 0.3 is 5.97 Å². The zero-order valence-electron chi connectivity index (χ0n) is 18.2. The number of hydrogen-bond donors (Lipinski definition) is 3. The summed E-state index contributed by atoms with van der Waals surface area (Å²) in [5.41, 5.74) is 9.52. The van der Waals surface area contributed by atoms with Crippen molar-refractivity contribution in [2.75, 3.05) is 19.1 Å². The number of hydrazone groups is 1. The van der Waals surface area contributed by atoms with E-state index in [0.29, 0.717) is 28.4 Å². The van der Waals surface area contributed by atoms with E-state index in [4.69, 9.17) is 25.1 Å². The highest BCUT2D eigenvalue weighted by Crippen LogP contribution is 2.37. The largest absolute Gasteiger partial charge is 0.482 e. The minimum absolute atomic E-state index is 0.0444. The highest BCUT2D eigenvalue weighted by Gasteiger charge is 2.26. The van der Waals surface area contributed by atoms with E-state index in [-0.39, 0.29) is 29.8 Å². The molecule has 182 valence electrons. The van der Waals surface area contributed by atoms with Crippen LogP contribution in [0.2, 0.25) is 0 Å². The first-order chi connectivity index (χ1) is 17.5. The van der Waals surface area contributed by atoms with Crippen molar-refractivity contribution in [3.8, 4) is 34.3 Å². The van der Waals surface area contributed by atoms with Crippen LogP contribution < -0.4 is 25.4 Å². The summed E-state index contributed by atoms with van der Waals surface area (Å²) >= 11 is 0. The van der Waals surface area contributed by atoms with Gasteiger partial charge in [0.05, 0.1) is 6.21 Å². The van der Waals surface area contributed by atoms with Gasteiger partial charge in [-0.1, -0.05) is 5.21 Å². The number of aliphatic carboxylic acids is 1. The van der Waals surface area contributed by atoms with Gasteiger partial charge in [-0.15, -0.1) is 5.10 Å². The van der Waals surface area contributed by atoms with E-state index >= 15 is 0 Å². The Balaban J connectivity index is 1.39. The lowest BCUT2D eigenvalue weighted by Crippen LogP contribution is -2.19. The predicted octanol–water partition coefficient (Wildman–Crippen LogP) is 0.856. The predicted molar refractivity (Wildman–Crippen MR) is 120 cm³/mol. The number of rotatable bonds is 8. The maximum atomic E-state index is 13.0. The van der Waals surface area contributed by atoms with Gasteiger partial charge in [0.2, 0.25) is 18.4 Å². The van der Waals surface area contributed by atoms with Gasteiger partial charge in [-0.3, -0.25) is 4.79 Å². The third-order valence-electron chi connectivity index (χ3n) is 4.85. The quantitative estimate of drug-likeness (QED) is 0.231. The fourth-order valence-electron chi connectivity index (χ4n) is 3.24. The summed E-state index contributed by atoms with van der Waals surface area (Å²) in [5.74, 6) is -0.345. The molecule has 0 atom stereocenters. The molecule has 15 heteroatoms. The molecule has 5 rings (SSSR count). The fraction of sp³-hybridized carbons (Fsp3) is 0.0952. The van der Waals surface area contributed by atoms with Crippen LogP contribution in [0.25, 0.3) is 17.1 Å². The number of ether oxygens (including phenoxy) is 3. The number of aromatic nitrogens is 5. The SMILES string of the molecule is Nc1nonc1-n1nnc(C(=O)NN=Cc2ccc(OCC(=O)O)cc2)c1-c1ccc2c(c1)OCO2. The van der Waals surface area contributed by atoms with Crippen molar-refractivity contribution >= 4 is 23.9 Å². The fourth-order valence-corrected chi connectivity index (χ4v) is 3.24. The molecule has 1 aliphatic rings. The maximum Gasteiger partial charge on any atom is 0.341 e. The number of carbonyl (C=O) groups is 2. The summed E-state index contributed by atoms with van der Waals surface area (Å²) in [6.45, 7) is -0.378. The second-order valence-electron chi connectivity index (χ2n) is 7.19. The van der Waals surface area contributed by atoms with E-state index < -0.39 is 18.5 Å². The second-order valence-corrected chi connectivity index (χ2v) is 7.19. The van der Waals surface area contributed by atoms with Crippen LogP contribution in [0.5, 0.6) is 17.2 Å². The van der Waals surface area contributed by atoms with Gasteiger partial charge in [0.25, 0.3) is 5.91 Å². The number of hydrogen-bond acceptors (Lipinski definition) is 12. The first-order valence-electron chi connectivity index (χ1n) is 10.2. The molecule has 1 amide bonds. The molecule has 2 aromatic heterocycles. The number of anilines is 1. The number of fused-ring (bicyclic) bond motifs is 1. The number of nitrogen functional groups attached to an aromatic ring is 1. The van der Waals surface area contributed by atoms with Crippen molar-refractivity contribution in [3.05, 3.63) is 53.7 Å². The number of nitrogens with zero attached hydrogens (tertiary/aromatic N) is 6. The second kappa shape index (κ2) is 9.41. The molecule has 15 nitrogen and oxygen atoms in total. The van der Waals surface area contributed by atoms with Crippen molar-refractivity contribution in [3.63, 3.8) is 0 Å². The van der Waals surface area contributed by atoms with Crippen LogP contribution in [0.4, 0.5) is 5.82 Å². The molecule has 0 unspecified atom stereocenters. The van der Waals surface area contributed by atoms with E-state index in [9.17, 15) is 9.59 Å². The molecular weight excluding hydrogens is 476 g/mol. The molecule has 0 spiro atoms. The van der Waals surface area contributed by atoms with E-state index in [1.54, 1.807) is 42.5 Å². The molecule has 0 aliphatic carbocycles. The van der Waals surface area contributed by atoms with Gasteiger partial charge in [0.1, 0.15) is 11.4 Å². The molecule has 0 saturated heterocycles. The molecule has 0 bridgehead atoms. The summed E-state index contributed by atoms with van der Waals surface area (Å²) in [6.07, 6.45) is 1.39. The number of amides is 1. The van der Waals surface area contributed by atoms with Gasteiger partial charge < -0.3 is 25.1 Å². The number of benzene rings is 2. The van der Waals surface area contributed by atoms with Crippen molar-refractivity contribution in [2.45, 2.75) is 0 Å². The van der Waals surface area contributed by atoms with Crippen LogP contribution in [0.3, 0.4) is 0 Å². The lowest BCUT2D eigenvalue weighted by Gasteiger charge is -2.07. The summed E-state index contributed by atoms with van der Waals surface area (Å²) in [6, 6.07) is 11.5. The molecule has 3 heterocycles. The van der Waals surface area contributed by atoms with E-state index in [2.05, 4.69) is 35.8 Å². The summed E-state index contributed by atoms with van der Waals surface area (Å²) < 4.78 is 21.7. The molecule has 36 heavy (non-hydrogen) atoms. The number of nitrogens with one attached hydrogen (secondary N) is 1. The molecule has 0 saturated carbocycles.